The smallest absolute Gasteiger partial charge is 0.303 e. The number of carboxylic acid groups (broad SMARTS) is 1. The molecule has 0 fully saturated rings. The summed E-state index contributed by atoms with van der Waals surface area (Å²) >= 11 is 0. The van der Waals surface area contributed by atoms with Crippen LogP contribution in [0.4, 0.5) is 0 Å². The number of hydrogen-bond acceptors (Lipinski definition) is 5. The number of aliphatic carboxylic acids is 1. The molecule has 0 aromatic heterocycles. The summed E-state index contributed by atoms with van der Waals surface area (Å²) in [5.74, 6) is -0.734. The van der Waals surface area contributed by atoms with Crippen molar-refractivity contribution < 1.29 is 19.4 Å². The molecule has 2 unspecified atom stereocenters. The largest absolute Gasteiger partial charge is 0.481 e. The topological polar surface area (TPSA) is 80.5 Å². The minimum atomic E-state index is -0.734. The molecule has 0 saturated carbocycles. The molecule has 0 amide bonds. The van der Waals surface area contributed by atoms with Gasteiger partial charge in [-0.05, 0) is 32.6 Å². The Morgan fingerprint density at radius 3 is 1.81 bits per heavy atom. The van der Waals surface area contributed by atoms with E-state index in [9.17, 15) is 4.79 Å². The van der Waals surface area contributed by atoms with Crippen molar-refractivity contribution in [3.05, 3.63) is 0 Å². The number of carboxylic acids is 1. The highest BCUT2D eigenvalue weighted by atomic mass is 16.5. The monoisotopic (exact) mass is 454 g/mol. The highest BCUT2D eigenvalue weighted by Gasteiger charge is 2.12. The van der Waals surface area contributed by atoms with E-state index in [-0.39, 0.29) is 18.6 Å². The minimum Gasteiger partial charge on any atom is -0.481 e. The first-order valence-corrected chi connectivity index (χ1v) is 13.1. The normalized spacial score (nSPS) is 13.6. The predicted octanol–water partition coefficient (Wildman–Crippen LogP) is 7.20. The van der Waals surface area contributed by atoms with Gasteiger partial charge in [0.1, 0.15) is 12.2 Å². The van der Waals surface area contributed by atoms with Gasteiger partial charge in [0.2, 0.25) is 0 Å². The first kappa shape index (κ1) is 30.4. The second kappa shape index (κ2) is 24.1. The van der Waals surface area contributed by atoms with E-state index in [4.69, 9.17) is 14.6 Å². The number of nitrogens with zero attached hydrogens (tertiary/aromatic N) is 2. The van der Waals surface area contributed by atoms with Gasteiger partial charge in [0, 0.05) is 25.9 Å². The Bertz CT molecular complexity index is 469. The Morgan fingerprint density at radius 2 is 1.28 bits per heavy atom. The lowest BCUT2D eigenvalue weighted by Gasteiger charge is -2.18. The Kier molecular flexibility index (Phi) is 22.9. The van der Waals surface area contributed by atoms with Gasteiger partial charge in [-0.2, -0.15) is 0 Å². The summed E-state index contributed by atoms with van der Waals surface area (Å²) in [6, 6.07) is 0. The highest BCUT2D eigenvalue weighted by molar-refractivity contribution is 5.66. The summed E-state index contributed by atoms with van der Waals surface area (Å²) in [7, 11) is 0. The molecule has 6 nitrogen and oxygen atoms in total. The van der Waals surface area contributed by atoms with Crippen LogP contribution in [-0.2, 0) is 14.3 Å². The fourth-order valence-corrected chi connectivity index (χ4v) is 3.47. The van der Waals surface area contributed by atoms with Gasteiger partial charge in [-0.25, -0.2) is 0 Å². The average molecular weight is 455 g/mol. The molecule has 1 N–H and O–H groups in total. The van der Waals surface area contributed by atoms with Crippen molar-refractivity contribution in [1.29, 1.82) is 0 Å². The van der Waals surface area contributed by atoms with Crippen molar-refractivity contribution in [2.75, 3.05) is 13.1 Å². The molecular formula is C26H50N2O4. The first-order chi connectivity index (χ1) is 15.6. The molecule has 0 heterocycles. The van der Waals surface area contributed by atoms with Crippen LogP contribution in [0.5, 0.6) is 0 Å². The van der Waals surface area contributed by atoms with E-state index >= 15 is 0 Å². The van der Waals surface area contributed by atoms with Crippen LogP contribution >= 0.6 is 0 Å². The van der Waals surface area contributed by atoms with Gasteiger partial charge in [0.15, 0.2) is 12.8 Å². The number of hydrogen-bond donors (Lipinski definition) is 1. The van der Waals surface area contributed by atoms with E-state index in [0.717, 1.165) is 38.6 Å². The Labute approximate surface area is 197 Å². The van der Waals surface area contributed by atoms with Crippen LogP contribution < -0.4 is 0 Å². The molecule has 0 aliphatic rings. The molecule has 0 rings (SSSR count). The predicted molar refractivity (Wildman–Crippen MR) is 135 cm³/mol. The maximum Gasteiger partial charge on any atom is 0.303 e. The van der Waals surface area contributed by atoms with Gasteiger partial charge in [0.25, 0.3) is 0 Å². The van der Waals surface area contributed by atoms with Crippen molar-refractivity contribution in [2.24, 2.45) is 9.98 Å². The molecule has 0 aliphatic carbocycles. The minimum absolute atomic E-state index is 0.0563. The van der Waals surface area contributed by atoms with Crippen molar-refractivity contribution in [2.45, 2.75) is 136 Å². The van der Waals surface area contributed by atoms with Crippen molar-refractivity contribution in [3.63, 3.8) is 0 Å². The lowest BCUT2D eigenvalue weighted by molar-refractivity contribution is -0.137. The van der Waals surface area contributed by atoms with E-state index in [0.29, 0.717) is 13.0 Å². The van der Waals surface area contributed by atoms with Gasteiger partial charge in [-0.15, -0.1) is 0 Å². The fraction of sp³-hybridized carbons (Fsp3) is 0.885. The molecule has 32 heavy (non-hydrogen) atoms. The third kappa shape index (κ3) is 23.1. The zero-order valence-corrected chi connectivity index (χ0v) is 21.1. The van der Waals surface area contributed by atoms with Crippen LogP contribution in [0.2, 0.25) is 0 Å². The van der Waals surface area contributed by atoms with Gasteiger partial charge in [0.05, 0.1) is 0 Å². The van der Waals surface area contributed by atoms with Gasteiger partial charge < -0.3 is 14.6 Å². The van der Waals surface area contributed by atoms with E-state index in [1.54, 1.807) is 6.40 Å². The van der Waals surface area contributed by atoms with Gasteiger partial charge in [-0.3, -0.25) is 14.8 Å². The van der Waals surface area contributed by atoms with Crippen LogP contribution in [0.1, 0.15) is 124 Å². The van der Waals surface area contributed by atoms with Crippen molar-refractivity contribution in [1.82, 2.24) is 0 Å². The molecule has 0 bridgehead atoms. The Hall–Kier alpha value is -1.59. The molecule has 0 aliphatic heterocycles. The number of unbranched alkanes of at least 4 members (excludes halogenated alkanes) is 11. The molecule has 0 aromatic carbocycles. The lowest BCUT2D eigenvalue weighted by Crippen LogP contribution is -2.20. The summed E-state index contributed by atoms with van der Waals surface area (Å²) in [5.41, 5.74) is 0. The van der Waals surface area contributed by atoms with Crippen molar-refractivity contribution >= 4 is 18.8 Å². The van der Waals surface area contributed by atoms with E-state index < -0.39 is 5.97 Å². The summed E-state index contributed by atoms with van der Waals surface area (Å²) in [4.78, 5) is 19.1. The van der Waals surface area contributed by atoms with Gasteiger partial charge >= 0.3 is 5.97 Å². The van der Waals surface area contributed by atoms with E-state index in [1.807, 2.05) is 6.92 Å². The molecule has 188 valence electrons. The standard InChI is InChI=1S/C26H50N2O4/c1-4-6-7-8-9-10-11-12-13-16-19-27-22-31-24(3)21-25(5-2)32-23-28-20-17-14-15-18-26(29)30/h22-25H,4-21H2,1-3H3,(H,29,30). The van der Waals surface area contributed by atoms with Crippen LogP contribution in [0.25, 0.3) is 0 Å². The van der Waals surface area contributed by atoms with E-state index in [1.165, 1.54) is 64.2 Å². The summed E-state index contributed by atoms with van der Waals surface area (Å²) < 4.78 is 11.4. The van der Waals surface area contributed by atoms with Crippen molar-refractivity contribution in [3.8, 4) is 0 Å². The molecule has 6 heteroatoms. The van der Waals surface area contributed by atoms with Crippen LogP contribution in [0, 0.1) is 0 Å². The molecular weight excluding hydrogens is 404 g/mol. The summed E-state index contributed by atoms with van der Waals surface area (Å²) in [6.07, 6.45) is 21.0. The molecule has 0 aromatic rings. The molecule has 2 atom stereocenters. The second-order valence-electron chi connectivity index (χ2n) is 8.76. The maximum atomic E-state index is 10.5. The highest BCUT2D eigenvalue weighted by Crippen LogP contribution is 2.11. The van der Waals surface area contributed by atoms with E-state index in [2.05, 4.69) is 23.8 Å². The summed E-state index contributed by atoms with van der Waals surface area (Å²) in [6.45, 7) is 7.92. The average Bonchev–Trinajstić information content (AvgIpc) is 2.77. The number of aliphatic imine (C=N–C) groups is 2. The molecule has 0 radical (unpaired) electrons. The Balaban J connectivity index is 3.62. The lowest BCUT2D eigenvalue weighted by atomic mass is 10.1. The van der Waals surface area contributed by atoms with Crippen LogP contribution in [-0.4, -0.2) is 49.2 Å². The molecule has 0 spiro atoms. The number of carbonyl (C=O) groups is 1. The van der Waals surface area contributed by atoms with Crippen LogP contribution in [0.15, 0.2) is 9.98 Å². The Morgan fingerprint density at radius 1 is 0.781 bits per heavy atom. The fourth-order valence-electron chi connectivity index (χ4n) is 3.47. The third-order valence-electron chi connectivity index (χ3n) is 5.56. The number of rotatable bonds is 24. The SMILES string of the molecule is CCCCCCCCCCCCN=COC(C)CC(CC)OC=NCCCCCC(=O)O. The van der Waals surface area contributed by atoms with Crippen LogP contribution in [0.3, 0.4) is 0 Å². The summed E-state index contributed by atoms with van der Waals surface area (Å²) in [5, 5.41) is 8.60. The maximum absolute atomic E-state index is 10.5. The third-order valence-corrected chi connectivity index (χ3v) is 5.56. The first-order valence-electron chi connectivity index (χ1n) is 13.1. The quantitative estimate of drug-likeness (QED) is 0.0950. The second-order valence-corrected chi connectivity index (χ2v) is 8.76. The zero-order chi connectivity index (χ0) is 23.7. The number of ether oxygens (including phenoxy) is 2. The zero-order valence-electron chi connectivity index (χ0n) is 21.1. The molecule has 0 saturated heterocycles. The van der Waals surface area contributed by atoms with Gasteiger partial charge in [-0.1, -0.05) is 78.1 Å².